The molecule has 1 atom stereocenters. The lowest BCUT2D eigenvalue weighted by atomic mass is 10.1. The van der Waals surface area contributed by atoms with Crippen molar-refractivity contribution in [3.63, 3.8) is 0 Å². The average molecular weight is 312 g/mol. The Labute approximate surface area is 132 Å². The summed E-state index contributed by atoms with van der Waals surface area (Å²) in [5.41, 5.74) is 3.41. The molecule has 0 aliphatic carbocycles. The van der Waals surface area contributed by atoms with Crippen molar-refractivity contribution < 1.29 is 4.79 Å². The molecule has 0 unspecified atom stereocenters. The maximum atomic E-state index is 12.3. The standard InChI is InChI=1S/C17H14ClN3O/c1-10-9-21-15-13(17(22)19-10)3-2-4-14(15)20-16(21)11-5-7-12(18)8-6-11/h2-8,10H,9H2,1H3,(H,19,22)/t10-/m1/s1. The third kappa shape index (κ3) is 1.99. The highest BCUT2D eigenvalue weighted by atomic mass is 35.5. The lowest BCUT2D eigenvalue weighted by molar-refractivity contribution is 0.0942. The van der Waals surface area contributed by atoms with E-state index in [4.69, 9.17) is 16.6 Å². The van der Waals surface area contributed by atoms with Gasteiger partial charge in [-0.15, -0.1) is 0 Å². The number of carbonyl (C=O) groups excluding carboxylic acids is 1. The van der Waals surface area contributed by atoms with Crippen LogP contribution < -0.4 is 5.32 Å². The smallest absolute Gasteiger partial charge is 0.253 e. The minimum atomic E-state index is -0.0422. The van der Waals surface area contributed by atoms with Crippen LogP contribution in [0.15, 0.2) is 42.5 Å². The molecular weight excluding hydrogens is 298 g/mol. The molecule has 0 saturated carbocycles. The first-order valence-electron chi connectivity index (χ1n) is 7.19. The van der Waals surface area contributed by atoms with Crippen molar-refractivity contribution in [1.29, 1.82) is 0 Å². The van der Waals surface area contributed by atoms with E-state index in [-0.39, 0.29) is 11.9 Å². The first-order chi connectivity index (χ1) is 10.6. The number of hydrogen-bond donors (Lipinski definition) is 1. The fraction of sp³-hybridized carbons (Fsp3) is 0.176. The molecule has 0 bridgehead atoms. The maximum absolute atomic E-state index is 12.3. The third-order valence-corrected chi connectivity index (χ3v) is 4.20. The number of nitrogens with one attached hydrogen (secondary N) is 1. The number of carbonyl (C=O) groups is 1. The van der Waals surface area contributed by atoms with E-state index in [0.717, 1.165) is 22.4 Å². The van der Waals surface area contributed by atoms with Crippen LogP contribution in [0.2, 0.25) is 5.02 Å². The average Bonchev–Trinajstić information content (AvgIpc) is 2.80. The fourth-order valence-corrected chi connectivity index (χ4v) is 3.11. The van der Waals surface area contributed by atoms with E-state index >= 15 is 0 Å². The Bertz CT molecular complexity index is 883. The van der Waals surface area contributed by atoms with Gasteiger partial charge in [0.25, 0.3) is 5.91 Å². The second-order valence-corrected chi connectivity index (χ2v) is 6.04. The van der Waals surface area contributed by atoms with E-state index in [0.29, 0.717) is 17.1 Å². The van der Waals surface area contributed by atoms with E-state index in [1.54, 1.807) is 0 Å². The van der Waals surface area contributed by atoms with Gasteiger partial charge in [-0.2, -0.15) is 0 Å². The first kappa shape index (κ1) is 13.3. The molecule has 110 valence electrons. The van der Waals surface area contributed by atoms with Gasteiger partial charge in [0.15, 0.2) is 0 Å². The Hall–Kier alpha value is -2.33. The van der Waals surface area contributed by atoms with Crippen LogP contribution in [0, 0.1) is 0 Å². The molecule has 1 N–H and O–H groups in total. The summed E-state index contributed by atoms with van der Waals surface area (Å²) >= 11 is 5.97. The summed E-state index contributed by atoms with van der Waals surface area (Å²) in [5.74, 6) is 0.821. The Kier molecular flexibility index (Phi) is 2.94. The van der Waals surface area contributed by atoms with Crippen LogP contribution in [0.25, 0.3) is 22.4 Å². The zero-order valence-electron chi connectivity index (χ0n) is 12.0. The lowest BCUT2D eigenvalue weighted by Crippen LogP contribution is -2.33. The lowest BCUT2D eigenvalue weighted by Gasteiger charge is -2.13. The number of imidazole rings is 1. The number of halogens is 1. The Morgan fingerprint density at radius 1 is 1.23 bits per heavy atom. The molecular formula is C17H14ClN3O. The van der Waals surface area contributed by atoms with Gasteiger partial charge in [-0.25, -0.2) is 4.98 Å². The van der Waals surface area contributed by atoms with Crippen LogP contribution in [0.1, 0.15) is 17.3 Å². The van der Waals surface area contributed by atoms with Gasteiger partial charge in [-0.3, -0.25) is 4.79 Å². The van der Waals surface area contributed by atoms with Gasteiger partial charge in [0.05, 0.1) is 16.6 Å². The largest absolute Gasteiger partial charge is 0.348 e. The van der Waals surface area contributed by atoms with Gasteiger partial charge in [-0.1, -0.05) is 17.7 Å². The molecule has 0 spiro atoms. The molecule has 2 aromatic carbocycles. The monoisotopic (exact) mass is 311 g/mol. The number of rotatable bonds is 1. The van der Waals surface area contributed by atoms with E-state index < -0.39 is 0 Å². The maximum Gasteiger partial charge on any atom is 0.253 e. The minimum Gasteiger partial charge on any atom is -0.348 e. The van der Waals surface area contributed by atoms with E-state index in [2.05, 4.69) is 9.88 Å². The molecule has 1 aromatic heterocycles. The number of nitrogens with zero attached hydrogens (tertiary/aromatic N) is 2. The number of amides is 1. The quantitative estimate of drug-likeness (QED) is 0.748. The SMILES string of the molecule is C[C@@H]1Cn2c(-c3ccc(Cl)cc3)nc3cccc(c32)C(=O)N1. The highest BCUT2D eigenvalue weighted by molar-refractivity contribution is 6.30. The molecule has 1 aliphatic heterocycles. The summed E-state index contributed by atoms with van der Waals surface area (Å²) in [4.78, 5) is 17.1. The molecule has 1 amide bonds. The molecule has 4 nitrogen and oxygen atoms in total. The summed E-state index contributed by atoms with van der Waals surface area (Å²) in [6, 6.07) is 13.3. The van der Waals surface area contributed by atoms with Crippen LogP contribution in [-0.2, 0) is 6.54 Å². The zero-order chi connectivity index (χ0) is 15.3. The van der Waals surface area contributed by atoms with E-state index in [1.807, 2.05) is 49.4 Å². The summed E-state index contributed by atoms with van der Waals surface area (Å²) in [7, 11) is 0. The number of aromatic nitrogens is 2. The molecule has 1 aliphatic rings. The summed E-state index contributed by atoms with van der Waals surface area (Å²) < 4.78 is 2.12. The van der Waals surface area contributed by atoms with Gasteiger partial charge in [0.1, 0.15) is 5.82 Å². The third-order valence-electron chi connectivity index (χ3n) is 3.95. The van der Waals surface area contributed by atoms with Gasteiger partial charge in [0, 0.05) is 23.2 Å². The first-order valence-corrected chi connectivity index (χ1v) is 7.57. The predicted molar refractivity (Wildman–Crippen MR) is 87.1 cm³/mol. The van der Waals surface area contributed by atoms with Crippen LogP contribution in [-0.4, -0.2) is 21.5 Å². The van der Waals surface area contributed by atoms with Crippen molar-refractivity contribution in [2.75, 3.05) is 0 Å². The van der Waals surface area contributed by atoms with Crippen LogP contribution >= 0.6 is 11.6 Å². The molecule has 3 aromatic rings. The topological polar surface area (TPSA) is 46.9 Å². The van der Waals surface area contributed by atoms with Gasteiger partial charge in [-0.05, 0) is 43.3 Å². The molecule has 0 fully saturated rings. The molecule has 0 saturated heterocycles. The van der Waals surface area contributed by atoms with Crippen LogP contribution in [0.5, 0.6) is 0 Å². The van der Waals surface area contributed by atoms with Crippen LogP contribution in [0.3, 0.4) is 0 Å². The Morgan fingerprint density at radius 2 is 2.00 bits per heavy atom. The predicted octanol–water partition coefficient (Wildman–Crippen LogP) is 3.49. The van der Waals surface area contributed by atoms with Crippen molar-refractivity contribution in [3.05, 3.63) is 53.1 Å². The Balaban J connectivity index is 2.03. The van der Waals surface area contributed by atoms with Gasteiger partial charge in [0.2, 0.25) is 0 Å². The second kappa shape index (κ2) is 4.85. The fourth-order valence-electron chi connectivity index (χ4n) is 2.99. The molecule has 0 radical (unpaired) electrons. The molecule has 5 heteroatoms. The number of benzene rings is 2. The highest BCUT2D eigenvalue weighted by Crippen LogP contribution is 2.29. The van der Waals surface area contributed by atoms with Gasteiger partial charge >= 0.3 is 0 Å². The highest BCUT2D eigenvalue weighted by Gasteiger charge is 2.24. The zero-order valence-corrected chi connectivity index (χ0v) is 12.8. The minimum absolute atomic E-state index is 0.0422. The van der Waals surface area contributed by atoms with Gasteiger partial charge < -0.3 is 9.88 Å². The van der Waals surface area contributed by atoms with Crippen molar-refractivity contribution in [3.8, 4) is 11.4 Å². The number of hydrogen-bond acceptors (Lipinski definition) is 2. The summed E-state index contributed by atoms with van der Waals surface area (Å²) in [6.07, 6.45) is 0. The molecule has 4 rings (SSSR count). The van der Waals surface area contributed by atoms with E-state index in [9.17, 15) is 4.79 Å². The molecule has 2 heterocycles. The summed E-state index contributed by atoms with van der Waals surface area (Å²) in [5, 5.41) is 3.71. The van der Waals surface area contributed by atoms with Crippen molar-refractivity contribution in [2.24, 2.45) is 0 Å². The second-order valence-electron chi connectivity index (χ2n) is 5.60. The van der Waals surface area contributed by atoms with E-state index in [1.165, 1.54) is 0 Å². The van der Waals surface area contributed by atoms with Crippen molar-refractivity contribution >= 4 is 28.5 Å². The Morgan fingerprint density at radius 3 is 2.77 bits per heavy atom. The normalized spacial score (nSPS) is 17.4. The summed E-state index contributed by atoms with van der Waals surface area (Å²) in [6.45, 7) is 2.69. The van der Waals surface area contributed by atoms with Crippen molar-refractivity contribution in [2.45, 2.75) is 19.5 Å². The molecule has 22 heavy (non-hydrogen) atoms. The van der Waals surface area contributed by atoms with Crippen molar-refractivity contribution in [1.82, 2.24) is 14.9 Å². The van der Waals surface area contributed by atoms with Crippen LogP contribution in [0.4, 0.5) is 0 Å². The number of para-hydroxylation sites is 1.